The van der Waals surface area contributed by atoms with E-state index in [4.69, 9.17) is 0 Å². The fourth-order valence-electron chi connectivity index (χ4n) is 1.80. The van der Waals surface area contributed by atoms with Crippen LogP contribution in [0, 0.1) is 0 Å². The molecule has 1 N–H and O–H groups in total. The average molecular weight is 198 g/mol. The normalized spacial score (nSPS) is 14.7. The van der Waals surface area contributed by atoms with E-state index in [1.165, 1.54) is 0 Å². The third-order valence-electron chi connectivity index (χ3n) is 2.47. The Kier molecular flexibility index (Phi) is 1.42. The van der Waals surface area contributed by atoms with Crippen LogP contribution in [0.3, 0.4) is 0 Å². The number of rotatable bonds is 0. The summed E-state index contributed by atoms with van der Waals surface area (Å²) in [5, 5.41) is 0.775. The maximum absolute atomic E-state index is 11.6. The number of carbonyl (C=O) groups excluding carboxylic acids is 2. The Balaban J connectivity index is 2.47. The summed E-state index contributed by atoms with van der Waals surface area (Å²) in [6, 6.07) is 7.32. The second-order valence-corrected chi connectivity index (χ2v) is 3.35. The number of aromatic nitrogens is 1. The molecule has 0 spiro atoms. The molecular formula is C11H6N2O2. The van der Waals surface area contributed by atoms with E-state index < -0.39 is 0 Å². The highest BCUT2D eigenvalue weighted by atomic mass is 16.2. The topological polar surface area (TPSA) is 62.3 Å². The molecule has 1 aliphatic rings. The van der Waals surface area contributed by atoms with Gasteiger partial charge in [-0.2, -0.15) is 0 Å². The number of carbonyl (C=O) groups is 2. The third kappa shape index (κ3) is 0.985. The maximum Gasteiger partial charge on any atom is 0.294 e. The van der Waals surface area contributed by atoms with Crippen LogP contribution in [0.25, 0.3) is 10.9 Å². The second-order valence-electron chi connectivity index (χ2n) is 3.35. The molecule has 1 aromatic heterocycles. The molecule has 1 aliphatic heterocycles. The van der Waals surface area contributed by atoms with Gasteiger partial charge < -0.3 is 4.98 Å². The lowest BCUT2D eigenvalue weighted by Gasteiger charge is -2.01. The van der Waals surface area contributed by atoms with Crippen LogP contribution in [0.15, 0.2) is 29.3 Å². The number of ketones is 1. The smallest absolute Gasteiger partial charge is 0.294 e. The molecule has 72 valence electrons. The Bertz CT molecular complexity index is 623. The molecule has 0 atom stereocenters. The molecule has 2 heterocycles. The Morgan fingerprint density at radius 3 is 2.80 bits per heavy atom. The van der Waals surface area contributed by atoms with Crippen molar-refractivity contribution in [2.75, 3.05) is 0 Å². The Hall–Kier alpha value is -2.23. The molecule has 1 aromatic carbocycles. The Morgan fingerprint density at radius 1 is 1.13 bits per heavy atom. The fraction of sp³-hybridized carbons (Fsp3) is 0. The monoisotopic (exact) mass is 198 g/mol. The van der Waals surface area contributed by atoms with E-state index >= 15 is 0 Å². The molecule has 0 unspecified atom stereocenters. The van der Waals surface area contributed by atoms with E-state index in [9.17, 15) is 9.59 Å². The van der Waals surface area contributed by atoms with Gasteiger partial charge in [0.15, 0.2) is 0 Å². The minimum atomic E-state index is -0.388. The molecule has 0 fully saturated rings. The number of aliphatic imine (C=N–C) groups is 1. The molecule has 4 heteroatoms. The summed E-state index contributed by atoms with van der Waals surface area (Å²) >= 11 is 0. The number of hydrogen-bond acceptors (Lipinski definition) is 2. The van der Waals surface area contributed by atoms with Crippen LogP contribution in [0.2, 0.25) is 0 Å². The van der Waals surface area contributed by atoms with E-state index in [1.54, 1.807) is 0 Å². The van der Waals surface area contributed by atoms with E-state index in [-0.39, 0.29) is 11.7 Å². The standard InChI is InChI=1S/C11H6N2O2/c14-8-5-12-11(15)10-9(8)6-3-1-2-4-7(6)13-10/h1-5,13H. The summed E-state index contributed by atoms with van der Waals surface area (Å²) in [4.78, 5) is 29.4. The minimum absolute atomic E-state index is 0.220. The molecule has 0 saturated carbocycles. The number of hydrogen-bond donors (Lipinski definition) is 1. The van der Waals surface area contributed by atoms with Crippen LogP contribution in [0.4, 0.5) is 0 Å². The molecule has 0 radical (unpaired) electrons. The van der Waals surface area contributed by atoms with Crippen LogP contribution < -0.4 is 0 Å². The van der Waals surface area contributed by atoms with Crippen LogP contribution in [0.5, 0.6) is 0 Å². The van der Waals surface area contributed by atoms with Gasteiger partial charge >= 0.3 is 0 Å². The number of H-pyrrole nitrogens is 1. The summed E-state index contributed by atoms with van der Waals surface area (Å²) < 4.78 is 0. The number of benzene rings is 1. The molecule has 0 aliphatic carbocycles. The van der Waals surface area contributed by atoms with Crippen molar-refractivity contribution in [3.8, 4) is 0 Å². The molecule has 1 amide bonds. The van der Waals surface area contributed by atoms with Crippen molar-refractivity contribution in [3.05, 3.63) is 35.5 Å². The first-order valence-corrected chi connectivity index (χ1v) is 4.51. The molecule has 0 bridgehead atoms. The lowest BCUT2D eigenvalue weighted by molar-refractivity contribution is 0.0974. The summed E-state index contributed by atoms with van der Waals surface area (Å²) in [6.45, 7) is 0. The number of amides is 1. The van der Waals surface area contributed by atoms with Gasteiger partial charge in [0.1, 0.15) is 5.69 Å². The SMILES string of the molecule is O=C1N=CC(=O)c2c1[nH]c1ccccc21. The van der Waals surface area contributed by atoms with Crippen LogP contribution >= 0.6 is 0 Å². The Labute approximate surface area is 84.6 Å². The van der Waals surface area contributed by atoms with Gasteiger partial charge in [-0.25, -0.2) is 4.99 Å². The zero-order valence-electron chi connectivity index (χ0n) is 7.65. The second kappa shape index (κ2) is 2.63. The quantitative estimate of drug-likeness (QED) is 0.698. The van der Waals surface area contributed by atoms with Crippen LogP contribution in [0.1, 0.15) is 20.8 Å². The first kappa shape index (κ1) is 8.11. The molecule has 3 rings (SSSR count). The lowest BCUT2D eigenvalue weighted by atomic mass is 10.1. The molecule has 2 aromatic rings. The largest absolute Gasteiger partial charge is 0.350 e. The van der Waals surface area contributed by atoms with Crippen LogP contribution in [-0.4, -0.2) is 22.9 Å². The third-order valence-corrected chi connectivity index (χ3v) is 2.47. The zero-order chi connectivity index (χ0) is 10.4. The van der Waals surface area contributed by atoms with E-state index in [0.29, 0.717) is 11.3 Å². The van der Waals surface area contributed by atoms with Gasteiger partial charge in [-0.3, -0.25) is 9.59 Å². The minimum Gasteiger partial charge on any atom is -0.350 e. The lowest BCUT2D eigenvalue weighted by Crippen LogP contribution is -2.14. The molecule has 4 nitrogen and oxygen atoms in total. The number of nitrogens with one attached hydrogen (secondary N) is 1. The number of fused-ring (bicyclic) bond motifs is 3. The first-order chi connectivity index (χ1) is 7.27. The number of aromatic amines is 1. The molecular weight excluding hydrogens is 192 g/mol. The number of nitrogens with zero attached hydrogens (tertiary/aromatic N) is 1. The van der Waals surface area contributed by atoms with Crippen molar-refractivity contribution in [1.82, 2.24) is 4.98 Å². The van der Waals surface area contributed by atoms with Gasteiger partial charge in [0.05, 0.1) is 11.8 Å². The van der Waals surface area contributed by atoms with Crippen molar-refractivity contribution < 1.29 is 9.59 Å². The fourth-order valence-corrected chi connectivity index (χ4v) is 1.80. The average Bonchev–Trinajstić information content (AvgIpc) is 2.64. The van der Waals surface area contributed by atoms with Crippen molar-refractivity contribution >= 4 is 28.8 Å². The van der Waals surface area contributed by atoms with Crippen molar-refractivity contribution in [1.29, 1.82) is 0 Å². The van der Waals surface area contributed by atoms with Crippen molar-refractivity contribution in [2.45, 2.75) is 0 Å². The van der Waals surface area contributed by atoms with Gasteiger partial charge in [-0.05, 0) is 6.07 Å². The number of Topliss-reactive ketones (excluding diaryl/α,β-unsaturated/α-hetero) is 1. The molecule has 15 heavy (non-hydrogen) atoms. The highest BCUT2D eigenvalue weighted by Crippen LogP contribution is 2.24. The summed E-state index contributed by atoms with van der Waals surface area (Å²) in [6.07, 6.45) is 1.07. The van der Waals surface area contributed by atoms with Gasteiger partial charge in [-0.1, -0.05) is 18.2 Å². The summed E-state index contributed by atoms with van der Waals surface area (Å²) in [5.74, 6) is -0.608. The van der Waals surface area contributed by atoms with Gasteiger partial charge in [0.25, 0.3) is 5.91 Å². The predicted molar refractivity (Wildman–Crippen MR) is 55.5 cm³/mol. The van der Waals surface area contributed by atoms with Gasteiger partial charge in [0.2, 0.25) is 5.78 Å². The van der Waals surface area contributed by atoms with E-state index in [0.717, 1.165) is 17.1 Å². The zero-order valence-corrected chi connectivity index (χ0v) is 7.65. The molecule has 0 saturated heterocycles. The van der Waals surface area contributed by atoms with E-state index in [2.05, 4.69) is 9.98 Å². The maximum atomic E-state index is 11.6. The highest BCUT2D eigenvalue weighted by molar-refractivity contribution is 6.44. The Morgan fingerprint density at radius 2 is 1.93 bits per heavy atom. The van der Waals surface area contributed by atoms with Gasteiger partial charge in [0, 0.05) is 10.9 Å². The first-order valence-electron chi connectivity index (χ1n) is 4.51. The van der Waals surface area contributed by atoms with Crippen molar-refractivity contribution in [2.24, 2.45) is 4.99 Å². The van der Waals surface area contributed by atoms with Crippen molar-refractivity contribution in [3.63, 3.8) is 0 Å². The predicted octanol–water partition coefficient (Wildman–Crippen LogP) is 1.58. The highest BCUT2D eigenvalue weighted by Gasteiger charge is 2.24. The summed E-state index contributed by atoms with van der Waals surface area (Å²) in [5.41, 5.74) is 1.52. The summed E-state index contributed by atoms with van der Waals surface area (Å²) in [7, 11) is 0. The van der Waals surface area contributed by atoms with Gasteiger partial charge in [-0.15, -0.1) is 0 Å². The van der Waals surface area contributed by atoms with E-state index in [1.807, 2.05) is 24.3 Å². The van der Waals surface area contributed by atoms with Crippen LogP contribution in [-0.2, 0) is 0 Å². The number of para-hydroxylation sites is 1.